The van der Waals surface area contributed by atoms with Crippen LogP contribution in [0.4, 0.5) is 14.5 Å². The Balaban J connectivity index is 1.78. The van der Waals surface area contributed by atoms with E-state index in [1.165, 1.54) is 12.1 Å². The molecule has 0 aliphatic rings. The summed E-state index contributed by atoms with van der Waals surface area (Å²) in [6.45, 7) is 1.55. The smallest absolute Gasteiger partial charge is 0.252 e. The minimum Gasteiger partial charge on any atom is -0.320 e. The number of aromatic nitrogens is 2. The third-order valence-corrected chi connectivity index (χ3v) is 4.64. The maximum atomic E-state index is 13.7. The first kappa shape index (κ1) is 18.8. The number of halogens is 2. The van der Waals surface area contributed by atoms with Gasteiger partial charge in [0.2, 0.25) is 5.91 Å². The van der Waals surface area contributed by atoms with Gasteiger partial charge in [-0.3, -0.25) is 9.59 Å². The molecule has 0 saturated heterocycles. The molecule has 2 aromatic carbocycles. The standard InChI is InChI=1S/C19H15F2N3O2S/c1-11(18(26)24-17-13(20)8-5-9-14(17)21)27-19-22-15(10-16(25)23-19)12-6-3-2-4-7-12/h2-11H,1H3,(H,24,26)(H,22,23,25). The second-order valence-electron chi connectivity index (χ2n) is 5.65. The number of para-hydroxylation sites is 1. The summed E-state index contributed by atoms with van der Waals surface area (Å²) in [7, 11) is 0. The van der Waals surface area contributed by atoms with Crippen molar-refractivity contribution in [3.05, 3.63) is 76.6 Å². The molecule has 3 aromatic rings. The van der Waals surface area contributed by atoms with Gasteiger partial charge in [0, 0.05) is 11.6 Å². The van der Waals surface area contributed by atoms with Crippen molar-refractivity contribution in [2.24, 2.45) is 0 Å². The number of carbonyl (C=O) groups excluding carboxylic acids is 1. The Morgan fingerprint density at radius 1 is 1.11 bits per heavy atom. The molecule has 0 bridgehead atoms. The van der Waals surface area contributed by atoms with Gasteiger partial charge in [-0.15, -0.1) is 0 Å². The fraction of sp³-hybridized carbons (Fsp3) is 0.105. The predicted molar refractivity (Wildman–Crippen MR) is 101 cm³/mol. The highest BCUT2D eigenvalue weighted by atomic mass is 32.2. The topological polar surface area (TPSA) is 74.8 Å². The van der Waals surface area contributed by atoms with Gasteiger partial charge in [-0.2, -0.15) is 0 Å². The summed E-state index contributed by atoms with van der Waals surface area (Å²) in [5.74, 6) is -2.34. The number of aromatic amines is 1. The second kappa shape index (κ2) is 8.13. The third-order valence-electron chi connectivity index (χ3n) is 3.66. The molecule has 1 amide bonds. The number of nitrogens with one attached hydrogen (secondary N) is 2. The van der Waals surface area contributed by atoms with E-state index in [0.717, 1.165) is 29.5 Å². The highest BCUT2D eigenvalue weighted by molar-refractivity contribution is 8.00. The first-order chi connectivity index (χ1) is 12.9. The predicted octanol–water partition coefficient (Wildman–Crippen LogP) is 3.83. The lowest BCUT2D eigenvalue weighted by atomic mass is 10.1. The highest BCUT2D eigenvalue weighted by Crippen LogP contribution is 2.24. The first-order valence-corrected chi connectivity index (χ1v) is 8.90. The SMILES string of the molecule is CC(Sc1nc(-c2ccccc2)cc(=O)[nH]1)C(=O)Nc1c(F)cccc1F. The normalized spacial score (nSPS) is 11.8. The van der Waals surface area contributed by atoms with E-state index in [2.05, 4.69) is 15.3 Å². The number of hydrogen-bond acceptors (Lipinski definition) is 4. The summed E-state index contributed by atoms with van der Waals surface area (Å²) in [6, 6.07) is 13.8. The van der Waals surface area contributed by atoms with Crippen molar-refractivity contribution < 1.29 is 13.6 Å². The zero-order valence-electron chi connectivity index (χ0n) is 14.2. The summed E-state index contributed by atoms with van der Waals surface area (Å²) in [5, 5.41) is 1.71. The van der Waals surface area contributed by atoms with Crippen LogP contribution in [0.15, 0.2) is 64.5 Å². The molecule has 1 aromatic heterocycles. The average molecular weight is 387 g/mol. The lowest BCUT2D eigenvalue weighted by Gasteiger charge is -2.13. The Morgan fingerprint density at radius 3 is 2.44 bits per heavy atom. The largest absolute Gasteiger partial charge is 0.320 e. The van der Waals surface area contributed by atoms with Gasteiger partial charge >= 0.3 is 0 Å². The first-order valence-electron chi connectivity index (χ1n) is 8.02. The molecule has 0 radical (unpaired) electrons. The van der Waals surface area contributed by atoms with Crippen LogP contribution in [0.25, 0.3) is 11.3 Å². The molecule has 138 valence electrons. The van der Waals surface area contributed by atoms with Gasteiger partial charge in [0.25, 0.3) is 5.56 Å². The average Bonchev–Trinajstić information content (AvgIpc) is 2.65. The third kappa shape index (κ3) is 4.59. The summed E-state index contributed by atoms with van der Waals surface area (Å²) >= 11 is 0.982. The monoisotopic (exact) mass is 387 g/mol. The van der Waals surface area contributed by atoms with Gasteiger partial charge in [0.05, 0.1) is 10.9 Å². The Morgan fingerprint density at radius 2 is 1.78 bits per heavy atom. The van der Waals surface area contributed by atoms with Gasteiger partial charge in [-0.1, -0.05) is 48.2 Å². The van der Waals surface area contributed by atoms with Crippen LogP contribution < -0.4 is 10.9 Å². The van der Waals surface area contributed by atoms with Gasteiger partial charge in [-0.25, -0.2) is 13.8 Å². The molecule has 0 aliphatic heterocycles. The molecule has 1 atom stereocenters. The molecule has 3 rings (SSSR count). The molecule has 27 heavy (non-hydrogen) atoms. The number of carbonyl (C=O) groups is 1. The summed E-state index contributed by atoms with van der Waals surface area (Å²) < 4.78 is 27.3. The van der Waals surface area contributed by atoms with Crippen molar-refractivity contribution >= 4 is 23.4 Å². The van der Waals surface area contributed by atoms with E-state index in [1.807, 2.05) is 30.3 Å². The minimum atomic E-state index is -0.863. The highest BCUT2D eigenvalue weighted by Gasteiger charge is 2.19. The molecule has 1 heterocycles. The minimum absolute atomic E-state index is 0.234. The summed E-state index contributed by atoms with van der Waals surface area (Å²) in [6.07, 6.45) is 0. The zero-order chi connectivity index (χ0) is 19.4. The van der Waals surface area contributed by atoms with Crippen LogP contribution in [0.2, 0.25) is 0 Å². The lowest BCUT2D eigenvalue weighted by molar-refractivity contribution is -0.115. The number of H-pyrrole nitrogens is 1. The number of anilines is 1. The molecule has 1 unspecified atom stereocenters. The van der Waals surface area contributed by atoms with Crippen molar-refractivity contribution in [2.75, 3.05) is 5.32 Å². The maximum Gasteiger partial charge on any atom is 0.252 e. The van der Waals surface area contributed by atoms with Crippen molar-refractivity contribution in [3.63, 3.8) is 0 Å². The summed E-state index contributed by atoms with van der Waals surface area (Å²) in [5.41, 5.74) is 0.360. The zero-order valence-corrected chi connectivity index (χ0v) is 15.0. The molecule has 0 aliphatic carbocycles. The number of nitrogens with zero attached hydrogens (tertiary/aromatic N) is 1. The fourth-order valence-corrected chi connectivity index (χ4v) is 3.12. The van der Waals surface area contributed by atoms with Crippen molar-refractivity contribution in [2.45, 2.75) is 17.3 Å². The van der Waals surface area contributed by atoms with Crippen LogP contribution in [-0.4, -0.2) is 21.1 Å². The molecule has 0 saturated carbocycles. The van der Waals surface area contributed by atoms with E-state index in [0.29, 0.717) is 5.69 Å². The Kier molecular flexibility index (Phi) is 5.66. The number of rotatable bonds is 5. The molecule has 2 N–H and O–H groups in total. The van der Waals surface area contributed by atoms with Gasteiger partial charge in [-0.05, 0) is 19.1 Å². The van der Waals surface area contributed by atoms with Crippen LogP contribution >= 0.6 is 11.8 Å². The fourth-order valence-electron chi connectivity index (χ4n) is 2.31. The molecule has 0 fully saturated rings. The van der Waals surface area contributed by atoms with Crippen LogP contribution in [0.3, 0.4) is 0 Å². The lowest BCUT2D eigenvalue weighted by Crippen LogP contribution is -2.24. The number of benzene rings is 2. The van der Waals surface area contributed by atoms with E-state index < -0.39 is 28.5 Å². The number of thioether (sulfide) groups is 1. The van der Waals surface area contributed by atoms with Crippen molar-refractivity contribution in [1.29, 1.82) is 0 Å². The Bertz CT molecular complexity index is 1000. The van der Waals surface area contributed by atoms with E-state index >= 15 is 0 Å². The van der Waals surface area contributed by atoms with Crippen molar-refractivity contribution in [3.8, 4) is 11.3 Å². The number of amides is 1. The van der Waals surface area contributed by atoms with Crippen molar-refractivity contribution in [1.82, 2.24) is 9.97 Å². The molecule has 5 nitrogen and oxygen atoms in total. The summed E-state index contributed by atoms with van der Waals surface area (Å²) in [4.78, 5) is 31.1. The second-order valence-corrected chi connectivity index (χ2v) is 6.98. The maximum absolute atomic E-state index is 13.7. The Labute approximate surface area is 157 Å². The quantitative estimate of drug-likeness (QED) is 0.515. The van der Waals surface area contributed by atoms with Gasteiger partial charge < -0.3 is 10.3 Å². The van der Waals surface area contributed by atoms with Gasteiger partial charge in [0.15, 0.2) is 5.16 Å². The van der Waals surface area contributed by atoms with E-state index in [1.54, 1.807) is 6.92 Å². The molecule has 8 heteroatoms. The van der Waals surface area contributed by atoms with E-state index in [9.17, 15) is 18.4 Å². The molecular formula is C19H15F2N3O2S. The van der Waals surface area contributed by atoms with Crippen LogP contribution in [0, 0.1) is 11.6 Å². The van der Waals surface area contributed by atoms with Crippen LogP contribution in [0.1, 0.15) is 6.92 Å². The van der Waals surface area contributed by atoms with E-state index in [4.69, 9.17) is 0 Å². The van der Waals surface area contributed by atoms with Gasteiger partial charge in [0.1, 0.15) is 17.3 Å². The molecular weight excluding hydrogens is 372 g/mol. The van der Waals surface area contributed by atoms with Crippen LogP contribution in [-0.2, 0) is 4.79 Å². The number of hydrogen-bond donors (Lipinski definition) is 2. The van der Waals surface area contributed by atoms with Crippen LogP contribution in [0.5, 0.6) is 0 Å². The molecule has 0 spiro atoms. The van der Waals surface area contributed by atoms with E-state index in [-0.39, 0.29) is 10.7 Å². The Hall–Kier alpha value is -3.00.